The van der Waals surface area contributed by atoms with Crippen LogP contribution in [-0.2, 0) is 4.74 Å². The Hall–Kier alpha value is -2.11. The van der Waals surface area contributed by atoms with Gasteiger partial charge in [-0.2, -0.15) is 0 Å². The number of nitrogens with zero attached hydrogens (tertiary/aromatic N) is 3. The van der Waals surface area contributed by atoms with Crippen molar-refractivity contribution in [3.63, 3.8) is 0 Å². The average molecular weight is 237 g/mol. The molecule has 1 heterocycles. The van der Waals surface area contributed by atoms with Crippen LogP contribution in [0.3, 0.4) is 0 Å². The Kier molecular flexibility index (Phi) is 4.45. The van der Waals surface area contributed by atoms with Gasteiger partial charge in [-0.15, -0.1) is 0 Å². The van der Waals surface area contributed by atoms with E-state index >= 15 is 0 Å². The summed E-state index contributed by atoms with van der Waals surface area (Å²) in [5.74, 6) is -0.192. The van der Waals surface area contributed by atoms with Crippen LogP contribution in [0.15, 0.2) is 17.3 Å². The van der Waals surface area contributed by atoms with E-state index < -0.39 is 5.97 Å². The Bertz CT molecular complexity index is 430. The van der Waals surface area contributed by atoms with Crippen LogP contribution >= 0.6 is 0 Å². The van der Waals surface area contributed by atoms with Gasteiger partial charge in [-0.05, 0) is 6.07 Å². The summed E-state index contributed by atoms with van der Waals surface area (Å²) < 4.78 is 9.74. The summed E-state index contributed by atoms with van der Waals surface area (Å²) in [7, 11) is 6.43. The lowest BCUT2D eigenvalue weighted by molar-refractivity contribution is 0.0601. The third-order valence-corrected chi connectivity index (χ3v) is 1.91. The molecule has 92 valence electrons. The Balaban J connectivity index is 3.25. The highest BCUT2D eigenvalue weighted by Gasteiger charge is 2.16. The van der Waals surface area contributed by atoms with Crippen LogP contribution in [0.5, 0.6) is 5.88 Å². The molecule has 0 aliphatic heterocycles. The molecule has 0 N–H and O–H groups in total. The minimum Gasteiger partial charge on any atom is -0.479 e. The number of carbonyl (C=O) groups excluding carboxylic acids is 1. The second-order valence-corrected chi connectivity index (χ2v) is 3.42. The van der Waals surface area contributed by atoms with Crippen LogP contribution in [-0.4, -0.2) is 50.5 Å². The molecule has 0 aliphatic carbocycles. The predicted octanol–water partition coefficient (Wildman–Crippen LogP) is 1.10. The number of ether oxygens (including phenoxy) is 2. The molecule has 0 radical (unpaired) electrons. The highest BCUT2D eigenvalue weighted by atomic mass is 16.5. The van der Waals surface area contributed by atoms with Gasteiger partial charge in [-0.3, -0.25) is 0 Å². The van der Waals surface area contributed by atoms with E-state index in [1.807, 2.05) is 14.1 Å². The van der Waals surface area contributed by atoms with E-state index in [-0.39, 0.29) is 5.88 Å². The molecule has 0 fully saturated rings. The summed E-state index contributed by atoms with van der Waals surface area (Å²) in [6.45, 7) is 0. The van der Waals surface area contributed by atoms with E-state index in [9.17, 15) is 4.79 Å². The normalized spacial score (nSPS) is 10.4. The molecule has 0 atom stereocenters. The van der Waals surface area contributed by atoms with Gasteiger partial charge in [0.1, 0.15) is 5.69 Å². The number of aliphatic imine (C=N–C) groups is 1. The van der Waals surface area contributed by atoms with E-state index in [1.165, 1.54) is 26.5 Å². The second kappa shape index (κ2) is 5.83. The molecule has 17 heavy (non-hydrogen) atoms. The minimum absolute atomic E-state index is 0.283. The van der Waals surface area contributed by atoms with E-state index in [1.54, 1.807) is 11.2 Å². The second-order valence-electron chi connectivity index (χ2n) is 3.42. The van der Waals surface area contributed by atoms with Crippen molar-refractivity contribution >= 4 is 18.0 Å². The van der Waals surface area contributed by atoms with Crippen molar-refractivity contribution in [2.45, 2.75) is 0 Å². The number of carbonyl (C=O) groups is 1. The van der Waals surface area contributed by atoms with Gasteiger partial charge in [0.15, 0.2) is 0 Å². The third kappa shape index (κ3) is 3.17. The van der Waals surface area contributed by atoms with Crippen LogP contribution in [0.25, 0.3) is 0 Å². The molecule has 0 amide bonds. The number of hydrogen-bond acceptors (Lipinski definition) is 5. The highest BCUT2D eigenvalue weighted by molar-refractivity contribution is 5.96. The molecule has 1 aromatic rings. The lowest BCUT2D eigenvalue weighted by Crippen LogP contribution is -2.08. The van der Waals surface area contributed by atoms with Gasteiger partial charge in [0.2, 0.25) is 5.88 Å². The molecule has 0 spiro atoms. The molecule has 0 saturated carbocycles. The summed E-state index contributed by atoms with van der Waals surface area (Å²) in [4.78, 5) is 21.4. The Morgan fingerprint density at radius 3 is 2.71 bits per heavy atom. The summed E-state index contributed by atoms with van der Waals surface area (Å²) in [6.07, 6.45) is 3.03. The summed E-state index contributed by atoms with van der Waals surface area (Å²) in [5, 5.41) is 0. The van der Waals surface area contributed by atoms with Crippen molar-refractivity contribution < 1.29 is 14.3 Å². The molecule has 1 rings (SSSR count). The lowest BCUT2D eigenvalue weighted by Gasteiger charge is -2.08. The van der Waals surface area contributed by atoms with Crippen molar-refractivity contribution in [3.8, 4) is 5.88 Å². The molecular weight excluding hydrogens is 222 g/mol. The Morgan fingerprint density at radius 1 is 1.47 bits per heavy atom. The smallest absolute Gasteiger partial charge is 0.340 e. The molecule has 0 bridgehead atoms. The molecular formula is C11H15N3O3. The molecule has 0 aromatic carbocycles. The fourth-order valence-corrected chi connectivity index (χ4v) is 1.16. The lowest BCUT2D eigenvalue weighted by atomic mass is 10.2. The van der Waals surface area contributed by atoms with Crippen molar-refractivity contribution in [2.24, 2.45) is 4.99 Å². The van der Waals surface area contributed by atoms with Crippen LogP contribution in [0, 0.1) is 0 Å². The van der Waals surface area contributed by atoms with Gasteiger partial charge in [-0.25, -0.2) is 14.8 Å². The monoisotopic (exact) mass is 237 g/mol. The number of esters is 1. The molecule has 1 aromatic heterocycles. The predicted molar refractivity (Wildman–Crippen MR) is 64.0 cm³/mol. The summed E-state index contributed by atoms with van der Waals surface area (Å²) in [5.41, 5.74) is 0.674. The maximum absolute atomic E-state index is 11.6. The highest BCUT2D eigenvalue weighted by Crippen LogP contribution is 2.29. The maximum atomic E-state index is 11.6. The fourth-order valence-electron chi connectivity index (χ4n) is 1.16. The summed E-state index contributed by atoms with van der Waals surface area (Å²) in [6, 6.07) is 1.54. The molecule has 6 heteroatoms. The largest absolute Gasteiger partial charge is 0.479 e. The van der Waals surface area contributed by atoms with Crippen molar-refractivity contribution in [3.05, 3.63) is 17.8 Å². The van der Waals surface area contributed by atoms with Gasteiger partial charge >= 0.3 is 5.97 Å². The molecule has 0 unspecified atom stereocenters. The van der Waals surface area contributed by atoms with Crippen molar-refractivity contribution in [2.75, 3.05) is 28.3 Å². The van der Waals surface area contributed by atoms with E-state index in [4.69, 9.17) is 4.74 Å². The van der Waals surface area contributed by atoms with E-state index in [2.05, 4.69) is 14.7 Å². The molecule has 0 aliphatic rings. The molecule has 6 nitrogen and oxygen atoms in total. The van der Waals surface area contributed by atoms with E-state index in [0.717, 1.165) is 0 Å². The van der Waals surface area contributed by atoms with Gasteiger partial charge < -0.3 is 14.4 Å². The van der Waals surface area contributed by atoms with Crippen molar-refractivity contribution in [1.29, 1.82) is 0 Å². The number of aromatic nitrogens is 1. The zero-order valence-corrected chi connectivity index (χ0v) is 10.3. The Labute approximate surface area is 99.9 Å². The minimum atomic E-state index is -0.475. The molecule has 0 saturated heterocycles. The topological polar surface area (TPSA) is 64.0 Å². The summed E-state index contributed by atoms with van der Waals surface area (Å²) >= 11 is 0. The van der Waals surface area contributed by atoms with Crippen LogP contribution in [0.4, 0.5) is 5.69 Å². The first kappa shape index (κ1) is 13.0. The van der Waals surface area contributed by atoms with Gasteiger partial charge in [-0.1, -0.05) is 0 Å². The number of pyridine rings is 1. The first-order valence-corrected chi connectivity index (χ1v) is 4.92. The van der Waals surface area contributed by atoms with Gasteiger partial charge in [0.05, 0.1) is 26.1 Å². The zero-order chi connectivity index (χ0) is 12.8. The first-order valence-electron chi connectivity index (χ1n) is 4.92. The van der Waals surface area contributed by atoms with E-state index in [0.29, 0.717) is 11.3 Å². The number of methoxy groups -OCH3 is 2. The van der Waals surface area contributed by atoms with Gasteiger partial charge in [0, 0.05) is 20.3 Å². The maximum Gasteiger partial charge on any atom is 0.340 e. The SMILES string of the molecule is COC(=O)c1ccnc(OC)c1/N=C/N(C)C. The van der Waals surface area contributed by atoms with Crippen LogP contribution in [0.1, 0.15) is 10.4 Å². The standard InChI is InChI=1S/C11H15N3O3/c1-14(2)7-13-9-8(11(15)17-4)5-6-12-10(9)16-3/h5-7H,1-4H3/b13-7+. The van der Waals surface area contributed by atoms with Gasteiger partial charge in [0.25, 0.3) is 0 Å². The van der Waals surface area contributed by atoms with Crippen molar-refractivity contribution in [1.82, 2.24) is 9.88 Å². The number of rotatable bonds is 4. The number of hydrogen-bond donors (Lipinski definition) is 0. The fraction of sp³-hybridized carbons (Fsp3) is 0.364. The average Bonchev–Trinajstić information content (AvgIpc) is 2.34. The van der Waals surface area contributed by atoms with Crippen LogP contribution in [0.2, 0.25) is 0 Å². The first-order chi connectivity index (χ1) is 8.10. The van der Waals surface area contributed by atoms with Crippen LogP contribution < -0.4 is 4.74 Å². The Morgan fingerprint density at radius 2 is 2.18 bits per heavy atom. The third-order valence-electron chi connectivity index (χ3n) is 1.91. The quantitative estimate of drug-likeness (QED) is 0.445. The zero-order valence-electron chi connectivity index (χ0n) is 10.3.